The molecular weight excluding hydrogens is 292 g/mol. The lowest BCUT2D eigenvalue weighted by Gasteiger charge is -2.37. The summed E-state index contributed by atoms with van der Waals surface area (Å²) in [6.45, 7) is 9.71. The zero-order chi connectivity index (χ0) is 16.2. The molecule has 2 aliphatic rings. The van der Waals surface area contributed by atoms with Crippen LogP contribution < -0.4 is 10.2 Å². The van der Waals surface area contributed by atoms with E-state index in [0.29, 0.717) is 13.0 Å². The van der Waals surface area contributed by atoms with Gasteiger partial charge in [-0.25, -0.2) is 0 Å². The van der Waals surface area contributed by atoms with Gasteiger partial charge < -0.3 is 19.9 Å². The van der Waals surface area contributed by atoms with Gasteiger partial charge in [0.25, 0.3) is 0 Å². The molecule has 1 atom stereocenters. The van der Waals surface area contributed by atoms with Crippen molar-refractivity contribution in [2.24, 2.45) is 0 Å². The molecule has 0 unspecified atom stereocenters. The van der Waals surface area contributed by atoms with Crippen molar-refractivity contribution in [3.8, 4) is 0 Å². The average molecular weight is 318 g/mol. The van der Waals surface area contributed by atoms with Gasteiger partial charge in [0, 0.05) is 56.3 Å². The van der Waals surface area contributed by atoms with Crippen LogP contribution in [0.1, 0.15) is 17.8 Å². The molecule has 23 heavy (non-hydrogen) atoms. The van der Waals surface area contributed by atoms with Crippen LogP contribution in [0.3, 0.4) is 0 Å². The molecule has 3 heterocycles. The number of amides is 1. The highest BCUT2D eigenvalue weighted by molar-refractivity contribution is 5.77. The van der Waals surface area contributed by atoms with Gasteiger partial charge in [-0.3, -0.25) is 9.78 Å². The number of aryl methyl sites for hydroxylation is 2. The number of nitrogens with one attached hydrogen (secondary N) is 1. The molecule has 126 valence electrons. The van der Waals surface area contributed by atoms with Crippen LogP contribution in [0, 0.1) is 13.8 Å². The van der Waals surface area contributed by atoms with E-state index >= 15 is 0 Å². The van der Waals surface area contributed by atoms with Gasteiger partial charge in [0.15, 0.2) is 0 Å². The Labute approximate surface area is 137 Å². The van der Waals surface area contributed by atoms with Gasteiger partial charge in [-0.2, -0.15) is 0 Å². The third-order valence-electron chi connectivity index (χ3n) is 4.47. The predicted octanol–water partition coefficient (Wildman–Crippen LogP) is 0.726. The molecule has 2 saturated heterocycles. The minimum absolute atomic E-state index is 0.0276. The lowest BCUT2D eigenvalue weighted by Crippen LogP contribution is -2.50. The molecule has 0 aromatic carbocycles. The Morgan fingerprint density at radius 1 is 1.26 bits per heavy atom. The second-order valence-electron chi connectivity index (χ2n) is 6.38. The fourth-order valence-electron chi connectivity index (χ4n) is 3.28. The van der Waals surface area contributed by atoms with E-state index in [1.807, 2.05) is 18.7 Å². The van der Waals surface area contributed by atoms with Crippen molar-refractivity contribution < 1.29 is 9.53 Å². The highest BCUT2D eigenvalue weighted by Gasteiger charge is 2.25. The topological polar surface area (TPSA) is 57.7 Å². The van der Waals surface area contributed by atoms with Gasteiger partial charge in [0.2, 0.25) is 5.91 Å². The number of nitrogens with zero attached hydrogens (tertiary/aromatic N) is 3. The van der Waals surface area contributed by atoms with Crippen LogP contribution in [0.4, 0.5) is 5.69 Å². The molecule has 1 amide bonds. The van der Waals surface area contributed by atoms with Crippen LogP contribution in [-0.4, -0.2) is 67.8 Å². The van der Waals surface area contributed by atoms with Crippen LogP contribution in [0.2, 0.25) is 0 Å². The summed E-state index contributed by atoms with van der Waals surface area (Å²) in [6, 6.07) is 4.23. The zero-order valence-corrected chi connectivity index (χ0v) is 14.0. The Balaban J connectivity index is 1.52. The van der Waals surface area contributed by atoms with Crippen molar-refractivity contribution in [3.63, 3.8) is 0 Å². The first kappa shape index (κ1) is 16.2. The van der Waals surface area contributed by atoms with Gasteiger partial charge in [-0.1, -0.05) is 0 Å². The summed E-state index contributed by atoms with van der Waals surface area (Å²) in [5.74, 6) is 0.209. The molecule has 1 aromatic rings. The maximum atomic E-state index is 12.4. The molecule has 6 heteroatoms. The average Bonchev–Trinajstić information content (AvgIpc) is 2.55. The first-order valence-electron chi connectivity index (χ1n) is 8.42. The summed E-state index contributed by atoms with van der Waals surface area (Å²) in [6.07, 6.45) is 0.514. The fourth-order valence-corrected chi connectivity index (χ4v) is 3.28. The molecular formula is C17H26N4O2. The van der Waals surface area contributed by atoms with Crippen molar-refractivity contribution >= 4 is 11.6 Å². The Hall–Kier alpha value is -1.66. The molecule has 1 N–H and O–H groups in total. The summed E-state index contributed by atoms with van der Waals surface area (Å²) in [4.78, 5) is 21.1. The Kier molecular flexibility index (Phi) is 5.13. The van der Waals surface area contributed by atoms with Crippen molar-refractivity contribution in [1.29, 1.82) is 0 Å². The Bertz CT molecular complexity index is 529. The molecule has 2 aliphatic heterocycles. The lowest BCUT2D eigenvalue weighted by molar-refractivity contribution is -0.135. The fraction of sp³-hybridized carbons (Fsp3) is 0.647. The molecule has 1 aromatic heterocycles. The molecule has 2 fully saturated rings. The van der Waals surface area contributed by atoms with E-state index in [1.54, 1.807) is 0 Å². The molecule has 0 radical (unpaired) electrons. The van der Waals surface area contributed by atoms with Gasteiger partial charge in [-0.05, 0) is 26.0 Å². The third-order valence-corrected chi connectivity index (χ3v) is 4.47. The number of carbonyl (C=O) groups is 1. The summed E-state index contributed by atoms with van der Waals surface area (Å²) >= 11 is 0. The van der Waals surface area contributed by atoms with Crippen molar-refractivity contribution in [3.05, 3.63) is 23.5 Å². The van der Waals surface area contributed by atoms with Crippen LogP contribution in [0.5, 0.6) is 0 Å². The van der Waals surface area contributed by atoms with Crippen LogP contribution >= 0.6 is 0 Å². The highest BCUT2D eigenvalue weighted by atomic mass is 16.5. The molecule has 0 aliphatic carbocycles. The highest BCUT2D eigenvalue weighted by Crippen LogP contribution is 2.19. The van der Waals surface area contributed by atoms with E-state index in [1.165, 1.54) is 5.69 Å². The summed E-state index contributed by atoms with van der Waals surface area (Å²) in [7, 11) is 0. The third kappa shape index (κ3) is 4.20. The minimum atomic E-state index is 0.0276. The SMILES string of the molecule is Cc1cc(N2CCN(C(=O)C[C@H]3CNCCO3)CC2)cc(C)n1. The van der Waals surface area contributed by atoms with E-state index in [0.717, 1.165) is 50.7 Å². The van der Waals surface area contributed by atoms with Crippen molar-refractivity contribution in [2.45, 2.75) is 26.4 Å². The number of piperazine rings is 1. The summed E-state index contributed by atoms with van der Waals surface area (Å²) < 4.78 is 5.63. The number of aromatic nitrogens is 1. The van der Waals surface area contributed by atoms with Crippen LogP contribution in [0.25, 0.3) is 0 Å². The molecule has 3 rings (SSSR count). The van der Waals surface area contributed by atoms with Gasteiger partial charge >= 0.3 is 0 Å². The predicted molar refractivity (Wildman–Crippen MR) is 89.7 cm³/mol. The maximum absolute atomic E-state index is 12.4. The van der Waals surface area contributed by atoms with Crippen LogP contribution in [0.15, 0.2) is 12.1 Å². The van der Waals surface area contributed by atoms with E-state index in [9.17, 15) is 4.79 Å². The van der Waals surface area contributed by atoms with Crippen LogP contribution in [-0.2, 0) is 9.53 Å². The van der Waals surface area contributed by atoms with Gasteiger partial charge in [0.05, 0.1) is 19.1 Å². The number of hydrogen-bond acceptors (Lipinski definition) is 5. The number of carbonyl (C=O) groups excluding carboxylic acids is 1. The van der Waals surface area contributed by atoms with E-state index in [4.69, 9.17) is 4.74 Å². The van der Waals surface area contributed by atoms with Gasteiger partial charge in [-0.15, -0.1) is 0 Å². The second kappa shape index (κ2) is 7.27. The Morgan fingerprint density at radius 3 is 2.57 bits per heavy atom. The smallest absolute Gasteiger partial charge is 0.225 e. The van der Waals surface area contributed by atoms with E-state index in [2.05, 4.69) is 27.3 Å². The first-order chi connectivity index (χ1) is 11.1. The number of rotatable bonds is 3. The number of anilines is 1. The summed E-state index contributed by atoms with van der Waals surface area (Å²) in [5, 5.41) is 3.27. The van der Waals surface area contributed by atoms with Gasteiger partial charge in [0.1, 0.15) is 0 Å². The maximum Gasteiger partial charge on any atom is 0.225 e. The molecule has 6 nitrogen and oxygen atoms in total. The van der Waals surface area contributed by atoms with E-state index < -0.39 is 0 Å². The van der Waals surface area contributed by atoms with E-state index in [-0.39, 0.29) is 12.0 Å². The van der Waals surface area contributed by atoms with Crippen molar-refractivity contribution in [2.75, 3.05) is 50.8 Å². The lowest BCUT2D eigenvalue weighted by atomic mass is 10.1. The first-order valence-corrected chi connectivity index (χ1v) is 8.42. The monoisotopic (exact) mass is 318 g/mol. The summed E-state index contributed by atoms with van der Waals surface area (Å²) in [5.41, 5.74) is 3.29. The second-order valence-corrected chi connectivity index (χ2v) is 6.38. The number of morpholine rings is 1. The standard InChI is InChI=1S/C17H26N4O2/c1-13-9-15(10-14(2)19-13)20-4-6-21(7-5-20)17(22)11-16-12-18-3-8-23-16/h9-10,16,18H,3-8,11-12H2,1-2H3/t16-/m0/s1. The zero-order valence-electron chi connectivity index (χ0n) is 14.0. The normalized spacial score (nSPS) is 22.3. The molecule has 0 saturated carbocycles. The number of ether oxygens (including phenoxy) is 1. The Morgan fingerprint density at radius 2 is 1.96 bits per heavy atom. The minimum Gasteiger partial charge on any atom is -0.375 e. The molecule has 0 spiro atoms. The number of hydrogen-bond donors (Lipinski definition) is 1. The quantitative estimate of drug-likeness (QED) is 0.890. The molecule has 0 bridgehead atoms. The van der Waals surface area contributed by atoms with Crippen molar-refractivity contribution in [1.82, 2.24) is 15.2 Å². The number of pyridine rings is 1. The largest absolute Gasteiger partial charge is 0.375 e.